The standard InChI is InChI=1S/C21H15F3N4OS/c22-21(23,24)15-4-3-5-16(12-15)26-20-28-27-19(30-20)17-6-1-2-7-18(17)29-13-14-8-10-25-11-9-14/h1-12H,13H2,(H,26,28). The van der Waals surface area contributed by atoms with Gasteiger partial charge >= 0.3 is 6.18 Å². The van der Waals surface area contributed by atoms with Crippen LogP contribution in [0.5, 0.6) is 5.75 Å². The predicted octanol–water partition coefficient (Wildman–Crippen LogP) is 5.94. The molecule has 0 saturated carbocycles. The van der Waals surface area contributed by atoms with Crippen molar-refractivity contribution in [3.63, 3.8) is 0 Å². The van der Waals surface area contributed by atoms with Crippen LogP contribution in [0, 0.1) is 0 Å². The van der Waals surface area contributed by atoms with Gasteiger partial charge in [-0.15, -0.1) is 10.2 Å². The van der Waals surface area contributed by atoms with Crippen molar-refractivity contribution < 1.29 is 17.9 Å². The van der Waals surface area contributed by atoms with E-state index in [9.17, 15) is 13.2 Å². The van der Waals surface area contributed by atoms with Crippen molar-refractivity contribution in [3.8, 4) is 16.3 Å². The van der Waals surface area contributed by atoms with Crippen molar-refractivity contribution in [2.24, 2.45) is 0 Å². The summed E-state index contributed by atoms with van der Waals surface area (Å²) in [5.74, 6) is 0.635. The first-order chi connectivity index (χ1) is 14.5. The molecule has 152 valence electrons. The number of hydrogen-bond donors (Lipinski definition) is 1. The molecule has 5 nitrogen and oxygen atoms in total. The van der Waals surface area contributed by atoms with Crippen LogP contribution >= 0.6 is 11.3 Å². The highest BCUT2D eigenvalue weighted by Crippen LogP contribution is 2.36. The first-order valence-electron chi connectivity index (χ1n) is 8.88. The van der Waals surface area contributed by atoms with Gasteiger partial charge in [0.2, 0.25) is 5.13 Å². The SMILES string of the molecule is FC(F)(F)c1cccc(Nc2nnc(-c3ccccc3OCc3ccncc3)s2)c1. The third-order valence-electron chi connectivity index (χ3n) is 4.13. The number of rotatable bonds is 6. The highest BCUT2D eigenvalue weighted by atomic mass is 32.1. The average Bonchev–Trinajstić information content (AvgIpc) is 3.21. The summed E-state index contributed by atoms with van der Waals surface area (Å²) in [6.07, 6.45) is -1.02. The first kappa shape index (κ1) is 19.8. The molecule has 0 unspecified atom stereocenters. The Labute approximate surface area is 174 Å². The van der Waals surface area contributed by atoms with Crippen LogP contribution in [0.15, 0.2) is 73.1 Å². The molecule has 0 radical (unpaired) electrons. The minimum absolute atomic E-state index is 0.287. The number of hydrogen-bond acceptors (Lipinski definition) is 6. The van der Waals surface area contributed by atoms with Crippen molar-refractivity contribution in [2.75, 3.05) is 5.32 Å². The van der Waals surface area contributed by atoms with Gasteiger partial charge in [0.15, 0.2) is 5.01 Å². The van der Waals surface area contributed by atoms with Crippen molar-refractivity contribution >= 4 is 22.2 Å². The Morgan fingerprint density at radius 3 is 2.53 bits per heavy atom. The van der Waals surface area contributed by atoms with Gasteiger partial charge in [0.25, 0.3) is 0 Å². The van der Waals surface area contributed by atoms with Crippen LogP contribution in [-0.4, -0.2) is 15.2 Å². The zero-order chi connectivity index (χ0) is 21.0. The highest BCUT2D eigenvalue weighted by molar-refractivity contribution is 7.18. The third-order valence-corrected chi connectivity index (χ3v) is 5.00. The van der Waals surface area contributed by atoms with Gasteiger partial charge < -0.3 is 10.1 Å². The third kappa shape index (κ3) is 4.74. The van der Waals surface area contributed by atoms with Gasteiger partial charge in [-0.05, 0) is 48.0 Å². The lowest BCUT2D eigenvalue weighted by Crippen LogP contribution is -2.05. The zero-order valence-corrected chi connectivity index (χ0v) is 16.2. The van der Waals surface area contributed by atoms with E-state index in [4.69, 9.17) is 4.74 Å². The van der Waals surface area contributed by atoms with Crippen LogP contribution in [0.25, 0.3) is 10.6 Å². The summed E-state index contributed by atoms with van der Waals surface area (Å²) < 4.78 is 44.6. The zero-order valence-electron chi connectivity index (χ0n) is 15.4. The number of benzene rings is 2. The molecule has 0 amide bonds. The van der Waals surface area contributed by atoms with Crippen LogP contribution in [-0.2, 0) is 12.8 Å². The number of halogens is 3. The van der Waals surface area contributed by atoms with Crippen LogP contribution in [0.4, 0.5) is 24.0 Å². The van der Waals surface area contributed by atoms with E-state index in [0.717, 1.165) is 23.3 Å². The van der Waals surface area contributed by atoms with E-state index in [0.29, 0.717) is 22.5 Å². The van der Waals surface area contributed by atoms with Gasteiger partial charge in [-0.2, -0.15) is 13.2 Å². The van der Waals surface area contributed by atoms with E-state index >= 15 is 0 Å². The Bertz CT molecular complexity index is 1130. The molecule has 30 heavy (non-hydrogen) atoms. The molecule has 9 heteroatoms. The fraction of sp³-hybridized carbons (Fsp3) is 0.0952. The molecule has 2 heterocycles. The quantitative estimate of drug-likeness (QED) is 0.412. The summed E-state index contributed by atoms with van der Waals surface area (Å²) in [5.41, 5.74) is 1.28. The van der Waals surface area contributed by atoms with Crippen LogP contribution in [0.3, 0.4) is 0 Å². The molecular weight excluding hydrogens is 413 g/mol. The first-order valence-corrected chi connectivity index (χ1v) is 9.69. The van der Waals surface area contributed by atoms with E-state index in [1.807, 2.05) is 36.4 Å². The van der Waals surface area contributed by atoms with Crippen LogP contribution in [0.2, 0.25) is 0 Å². The Morgan fingerprint density at radius 2 is 1.73 bits per heavy atom. The number of ether oxygens (including phenoxy) is 1. The molecule has 0 bridgehead atoms. The smallest absolute Gasteiger partial charge is 0.416 e. The maximum atomic E-state index is 12.9. The summed E-state index contributed by atoms with van der Waals surface area (Å²) in [4.78, 5) is 3.98. The minimum Gasteiger partial charge on any atom is -0.488 e. The number of para-hydroxylation sites is 1. The van der Waals surface area contributed by atoms with Gasteiger partial charge in [0.05, 0.1) is 11.1 Å². The maximum Gasteiger partial charge on any atom is 0.416 e. The number of nitrogens with zero attached hydrogens (tertiary/aromatic N) is 3. The van der Waals surface area contributed by atoms with E-state index in [1.165, 1.54) is 17.4 Å². The second kappa shape index (κ2) is 8.50. The summed E-state index contributed by atoms with van der Waals surface area (Å²) in [6.45, 7) is 0.369. The maximum absolute atomic E-state index is 12.9. The minimum atomic E-state index is -4.41. The highest BCUT2D eigenvalue weighted by Gasteiger charge is 2.30. The Morgan fingerprint density at radius 1 is 0.933 bits per heavy atom. The van der Waals surface area contributed by atoms with Crippen molar-refractivity contribution in [2.45, 2.75) is 12.8 Å². The molecule has 1 N–H and O–H groups in total. The van der Waals surface area contributed by atoms with Gasteiger partial charge in [0, 0.05) is 18.1 Å². The number of anilines is 2. The molecular formula is C21H15F3N4OS. The second-order valence-corrected chi connectivity index (χ2v) is 7.23. The number of alkyl halides is 3. The van der Waals surface area contributed by atoms with Crippen LogP contribution < -0.4 is 10.1 Å². The normalized spacial score (nSPS) is 11.3. The van der Waals surface area contributed by atoms with Crippen molar-refractivity contribution in [3.05, 3.63) is 84.2 Å². The van der Waals surface area contributed by atoms with E-state index < -0.39 is 11.7 Å². The van der Waals surface area contributed by atoms with E-state index in [1.54, 1.807) is 18.5 Å². The lowest BCUT2D eigenvalue weighted by Gasteiger charge is -2.09. The number of aromatic nitrogens is 3. The Kier molecular flexibility index (Phi) is 5.62. The monoisotopic (exact) mass is 428 g/mol. The molecule has 0 aliphatic rings. The molecule has 0 atom stereocenters. The molecule has 2 aromatic heterocycles. The van der Waals surface area contributed by atoms with Crippen molar-refractivity contribution in [1.82, 2.24) is 15.2 Å². The average molecular weight is 428 g/mol. The predicted molar refractivity (Wildman–Crippen MR) is 109 cm³/mol. The summed E-state index contributed by atoms with van der Waals surface area (Å²) in [7, 11) is 0. The van der Waals surface area contributed by atoms with Gasteiger partial charge in [0.1, 0.15) is 12.4 Å². The van der Waals surface area contributed by atoms with Crippen LogP contribution in [0.1, 0.15) is 11.1 Å². The molecule has 2 aromatic carbocycles. The topological polar surface area (TPSA) is 59.9 Å². The number of nitrogens with one attached hydrogen (secondary N) is 1. The molecule has 4 rings (SSSR count). The fourth-order valence-electron chi connectivity index (χ4n) is 2.69. The second-order valence-electron chi connectivity index (χ2n) is 6.26. The molecule has 0 fully saturated rings. The van der Waals surface area contributed by atoms with Crippen molar-refractivity contribution in [1.29, 1.82) is 0 Å². The van der Waals surface area contributed by atoms with E-state index in [-0.39, 0.29) is 5.69 Å². The van der Waals surface area contributed by atoms with E-state index in [2.05, 4.69) is 20.5 Å². The summed E-state index contributed by atoms with van der Waals surface area (Å²) in [6, 6.07) is 16.1. The summed E-state index contributed by atoms with van der Waals surface area (Å²) in [5, 5.41) is 12.1. The molecule has 4 aromatic rings. The van der Waals surface area contributed by atoms with Gasteiger partial charge in [-0.3, -0.25) is 4.98 Å². The molecule has 0 aliphatic heterocycles. The van der Waals surface area contributed by atoms with Gasteiger partial charge in [-0.1, -0.05) is 29.5 Å². The molecule has 0 spiro atoms. The Hall–Kier alpha value is -3.46. The molecule has 0 saturated heterocycles. The number of pyridine rings is 1. The largest absolute Gasteiger partial charge is 0.488 e. The fourth-order valence-corrected chi connectivity index (χ4v) is 3.48. The molecule has 0 aliphatic carbocycles. The Balaban J connectivity index is 1.52. The van der Waals surface area contributed by atoms with Gasteiger partial charge in [-0.25, -0.2) is 0 Å². The lowest BCUT2D eigenvalue weighted by molar-refractivity contribution is -0.137. The lowest BCUT2D eigenvalue weighted by atomic mass is 10.2. The summed E-state index contributed by atoms with van der Waals surface area (Å²) >= 11 is 1.23.